The summed E-state index contributed by atoms with van der Waals surface area (Å²) in [5.74, 6) is 1.09. The van der Waals surface area contributed by atoms with Gasteiger partial charge in [-0.05, 0) is 47.5 Å². The Bertz CT molecular complexity index is 995. The van der Waals surface area contributed by atoms with Crippen LogP contribution in [0.3, 0.4) is 0 Å². The second kappa shape index (κ2) is 10.8. The van der Waals surface area contributed by atoms with Crippen molar-refractivity contribution in [2.75, 3.05) is 0 Å². The molecule has 7 heteroatoms. The van der Waals surface area contributed by atoms with Crippen molar-refractivity contribution in [3.8, 4) is 5.75 Å². The topological polar surface area (TPSA) is 60.0 Å². The van der Waals surface area contributed by atoms with E-state index in [1.165, 1.54) is 23.4 Å². The maximum Gasteiger partial charge on any atom is 0.180 e. The standard InChI is InChI=1S/C22H19BrFN3OS/c23-19-9-8-18(21(24)12-19)14-28-20-10-6-16(7-11-20)13-26-27-22(25)29-15-17-4-2-1-3-5-17/h1-13H,14-15H2,(H2,25,27). The van der Waals surface area contributed by atoms with Crippen molar-refractivity contribution in [1.82, 2.24) is 0 Å². The first-order valence-electron chi connectivity index (χ1n) is 8.80. The highest BCUT2D eigenvalue weighted by atomic mass is 79.9. The fourth-order valence-electron chi connectivity index (χ4n) is 2.36. The van der Waals surface area contributed by atoms with E-state index in [2.05, 4.69) is 26.1 Å². The summed E-state index contributed by atoms with van der Waals surface area (Å²) in [6.45, 7) is 0.159. The average Bonchev–Trinajstić information content (AvgIpc) is 2.73. The molecule has 0 spiro atoms. The van der Waals surface area contributed by atoms with Crippen LogP contribution in [-0.2, 0) is 12.4 Å². The van der Waals surface area contributed by atoms with Gasteiger partial charge in [-0.3, -0.25) is 0 Å². The Morgan fingerprint density at radius 2 is 1.83 bits per heavy atom. The lowest BCUT2D eigenvalue weighted by Gasteiger charge is -2.07. The fraction of sp³-hybridized carbons (Fsp3) is 0.0909. The third-order valence-corrected chi connectivity index (χ3v) is 5.23. The summed E-state index contributed by atoms with van der Waals surface area (Å²) in [5.41, 5.74) is 8.41. The number of halogens is 2. The number of ether oxygens (including phenoxy) is 1. The normalized spacial score (nSPS) is 11.7. The molecule has 0 bridgehead atoms. The van der Waals surface area contributed by atoms with E-state index in [1.54, 1.807) is 30.5 Å². The van der Waals surface area contributed by atoms with E-state index in [1.807, 2.05) is 42.5 Å². The maximum absolute atomic E-state index is 13.8. The zero-order chi connectivity index (χ0) is 20.5. The van der Waals surface area contributed by atoms with Gasteiger partial charge in [0.05, 0.1) is 6.21 Å². The second-order valence-corrected chi connectivity index (χ2v) is 7.96. The van der Waals surface area contributed by atoms with Crippen molar-refractivity contribution in [3.63, 3.8) is 0 Å². The van der Waals surface area contributed by atoms with Crippen LogP contribution < -0.4 is 10.5 Å². The summed E-state index contributed by atoms with van der Waals surface area (Å²) >= 11 is 4.67. The third kappa shape index (κ3) is 7.03. The number of thioether (sulfide) groups is 1. The van der Waals surface area contributed by atoms with E-state index in [0.717, 1.165) is 11.3 Å². The van der Waals surface area contributed by atoms with Gasteiger partial charge in [-0.25, -0.2) is 4.39 Å². The van der Waals surface area contributed by atoms with Crippen molar-refractivity contribution >= 4 is 39.1 Å². The summed E-state index contributed by atoms with van der Waals surface area (Å²) in [6, 6.07) is 22.2. The largest absolute Gasteiger partial charge is 0.489 e. The van der Waals surface area contributed by atoms with Crippen molar-refractivity contribution in [3.05, 3.63) is 99.8 Å². The minimum atomic E-state index is -0.302. The fourth-order valence-corrected chi connectivity index (χ4v) is 3.31. The molecule has 0 aliphatic heterocycles. The smallest absolute Gasteiger partial charge is 0.180 e. The third-order valence-electron chi connectivity index (χ3n) is 3.88. The molecule has 0 saturated carbocycles. The minimum absolute atomic E-state index is 0.159. The van der Waals surface area contributed by atoms with E-state index in [-0.39, 0.29) is 12.4 Å². The van der Waals surface area contributed by atoms with E-state index in [4.69, 9.17) is 10.5 Å². The molecule has 3 aromatic rings. The summed E-state index contributed by atoms with van der Waals surface area (Å²) in [6.07, 6.45) is 1.62. The molecule has 0 aliphatic rings. The van der Waals surface area contributed by atoms with Crippen LogP contribution in [0.5, 0.6) is 5.75 Å². The zero-order valence-electron chi connectivity index (χ0n) is 15.5. The molecule has 3 aromatic carbocycles. The number of rotatable bonds is 7. The molecule has 0 unspecified atom stereocenters. The summed E-state index contributed by atoms with van der Waals surface area (Å²) in [7, 11) is 0. The lowest BCUT2D eigenvalue weighted by atomic mass is 10.2. The SMILES string of the molecule is NC(=NN=Cc1ccc(OCc2ccc(Br)cc2F)cc1)SCc1ccccc1. The van der Waals surface area contributed by atoms with E-state index in [0.29, 0.717) is 21.0 Å². The first-order valence-corrected chi connectivity index (χ1v) is 10.6. The maximum atomic E-state index is 13.8. The van der Waals surface area contributed by atoms with E-state index >= 15 is 0 Å². The van der Waals surface area contributed by atoms with Gasteiger partial charge in [0, 0.05) is 15.8 Å². The molecule has 0 amide bonds. The lowest BCUT2D eigenvalue weighted by molar-refractivity contribution is 0.300. The summed E-state index contributed by atoms with van der Waals surface area (Å²) in [4.78, 5) is 0. The molecule has 2 N–H and O–H groups in total. The van der Waals surface area contributed by atoms with Crippen LogP contribution >= 0.6 is 27.7 Å². The summed E-state index contributed by atoms with van der Waals surface area (Å²) < 4.78 is 20.2. The van der Waals surface area contributed by atoms with Crippen LogP contribution in [0.2, 0.25) is 0 Å². The van der Waals surface area contributed by atoms with Crippen LogP contribution in [0.4, 0.5) is 4.39 Å². The van der Waals surface area contributed by atoms with Crippen molar-refractivity contribution in [2.24, 2.45) is 15.9 Å². The van der Waals surface area contributed by atoms with Gasteiger partial charge in [-0.2, -0.15) is 5.10 Å². The average molecular weight is 472 g/mol. The van der Waals surface area contributed by atoms with Gasteiger partial charge in [0.15, 0.2) is 5.17 Å². The van der Waals surface area contributed by atoms with Gasteiger partial charge >= 0.3 is 0 Å². The number of amidine groups is 1. The number of hydrogen-bond acceptors (Lipinski definition) is 4. The molecule has 0 radical (unpaired) electrons. The predicted octanol–water partition coefficient (Wildman–Crippen LogP) is 5.75. The van der Waals surface area contributed by atoms with Crippen molar-refractivity contribution in [2.45, 2.75) is 12.4 Å². The van der Waals surface area contributed by atoms with Crippen molar-refractivity contribution < 1.29 is 9.13 Å². The highest BCUT2D eigenvalue weighted by Gasteiger charge is 2.04. The van der Waals surface area contributed by atoms with Gasteiger partial charge in [-0.1, -0.05) is 64.1 Å². The van der Waals surface area contributed by atoms with E-state index < -0.39 is 0 Å². The second-order valence-electron chi connectivity index (χ2n) is 6.05. The quantitative estimate of drug-likeness (QED) is 0.271. The van der Waals surface area contributed by atoms with Crippen molar-refractivity contribution in [1.29, 1.82) is 0 Å². The van der Waals surface area contributed by atoms with Gasteiger partial charge in [-0.15, -0.1) is 5.10 Å². The van der Waals surface area contributed by atoms with Crippen LogP contribution in [0, 0.1) is 5.82 Å². The molecule has 0 fully saturated rings. The van der Waals surface area contributed by atoms with Crippen LogP contribution in [0.1, 0.15) is 16.7 Å². The Kier molecular flexibility index (Phi) is 7.84. The Morgan fingerprint density at radius 1 is 1.07 bits per heavy atom. The molecule has 29 heavy (non-hydrogen) atoms. The van der Waals surface area contributed by atoms with Gasteiger partial charge in [0.1, 0.15) is 18.2 Å². The Hall–Kier alpha value is -2.64. The Morgan fingerprint density at radius 3 is 2.55 bits per heavy atom. The lowest BCUT2D eigenvalue weighted by Crippen LogP contribution is -2.05. The van der Waals surface area contributed by atoms with E-state index in [9.17, 15) is 4.39 Å². The number of benzene rings is 3. The number of hydrogen-bond donors (Lipinski definition) is 1. The molecule has 4 nitrogen and oxygen atoms in total. The molecule has 0 atom stereocenters. The highest BCUT2D eigenvalue weighted by molar-refractivity contribution is 9.10. The highest BCUT2D eigenvalue weighted by Crippen LogP contribution is 2.18. The Balaban J connectivity index is 1.49. The van der Waals surface area contributed by atoms with Crippen LogP contribution in [-0.4, -0.2) is 11.4 Å². The molecule has 0 aromatic heterocycles. The molecule has 148 valence electrons. The van der Waals surface area contributed by atoms with Gasteiger partial charge < -0.3 is 10.5 Å². The first-order chi connectivity index (χ1) is 14.1. The molecule has 3 rings (SSSR count). The number of nitrogens with zero attached hydrogens (tertiary/aromatic N) is 2. The molecule has 0 saturated heterocycles. The molecule has 0 heterocycles. The predicted molar refractivity (Wildman–Crippen MR) is 122 cm³/mol. The minimum Gasteiger partial charge on any atom is -0.489 e. The molecular weight excluding hydrogens is 453 g/mol. The van der Waals surface area contributed by atoms with Gasteiger partial charge in [0.25, 0.3) is 0 Å². The summed E-state index contributed by atoms with van der Waals surface area (Å²) in [5, 5.41) is 8.42. The molecule has 0 aliphatic carbocycles. The first kappa shape index (κ1) is 21.1. The Labute approximate surface area is 181 Å². The number of nitrogens with two attached hydrogens (primary N) is 1. The molecular formula is C22H19BrFN3OS. The van der Waals surface area contributed by atoms with Crippen LogP contribution in [0.25, 0.3) is 0 Å². The van der Waals surface area contributed by atoms with Gasteiger partial charge in [0.2, 0.25) is 0 Å². The van der Waals surface area contributed by atoms with Crippen LogP contribution in [0.15, 0.2) is 87.5 Å². The zero-order valence-corrected chi connectivity index (χ0v) is 17.9. The monoisotopic (exact) mass is 471 g/mol.